The molecule has 0 amide bonds. The Hall–Kier alpha value is -1.71. The predicted octanol–water partition coefficient (Wildman–Crippen LogP) is 0.510. The van der Waals surface area contributed by atoms with Crippen molar-refractivity contribution >= 4 is 12.2 Å². The average Bonchev–Trinajstić information content (AvgIpc) is 1.95. The molecule has 0 radical (unpaired) electrons. The van der Waals surface area contributed by atoms with Crippen LogP contribution in [0.2, 0.25) is 0 Å². The van der Waals surface area contributed by atoms with Gasteiger partial charge in [-0.05, 0) is 12.1 Å². The molecule has 0 spiro atoms. The Labute approximate surface area is 63.2 Å². The number of hydrogen-bond acceptors (Lipinski definition) is 4. The molecule has 3 N–H and O–H groups in total. The minimum absolute atomic E-state index is 0.106. The Balaban J connectivity index is 2.98. The van der Waals surface area contributed by atoms with E-state index in [0.717, 1.165) is 0 Å². The monoisotopic (exact) mass is 153 g/mol. The predicted molar refractivity (Wildman–Crippen MR) is 39.2 cm³/mol. The van der Waals surface area contributed by atoms with Gasteiger partial charge in [-0.25, -0.2) is 0 Å². The largest absolute Gasteiger partial charge is 0.504 e. The highest BCUT2D eigenvalue weighted by atomic mass is 16.5. The number of anilines is 1. The summed E-state index contributed by atoms with van der Waals surface area (Å²) in [4.78, 5) is 9.85. The van der Waals surface area contributed by atoms with Gasteiger partial charge in [0.25, 0.3) is 6.47 Å². The second kappa shape index (κ2) is 2.92. The summed E-state index contributed by atoms with van der Waals surface area (Å²) < 4.78 is 4.41. The number of ether oxygens (including phenoxy) is 1. The summed E-state index contributed by atoms with van der Waals surface area (Å²) in [5, 5.41) is 9.06. The van der Waals surface area contributed by atoms with E-state index in [1.165, 1.54) is 18.2 Å². The van der Waals surface area contributed by atoms with E-state index in [0.29, 0.717) is 5.69 Å². The lowest BCUT2D eigenvalue weighted by Gasteiger charge is -2.00. The van der Waals surface area contributed by atoms with E-state index in [-0.39, 0.29) is 18.0 Å². The maximum absolute atomic E-state index is 9.85. The smallest absolute Gasteiger partial charge is 0.298 e. The molecule has 0 aromatic heterocycles. The fourth-order valence-corrected chi connectivity index (χ4v) is 0.686. The lowest BCUT2D eigenvalue weighted by molar-refractivity contribution is -0.120. The van der Waals surface area contributed by atoms with Crippen molar-refractivity contribution in [1.29, 1.82) is 0 Å². The first kappa shape index (κ1) is 7.40. The Morgan fingerprint density at radius 1 is 1.55 bits per heavy atom. The van der Waals surface area contributed by atoms with Crippen LogP contribution in [0, 0.1) is 0 Å². The van der Waals surface area contributed by atoms with Crippen molar-refractivity contribution in [3.63, 3.8) is 0 Å². The molecule has 4 nitrogen and oxygen atoms in total. The van der Waals surface area contributed by atoms with Crippen molar-refractivity contribution in [1.82, 2.24) is 0 Å². The van der Waals surface area contributed by atoms with E-state index in [1.807, 2.05) is 0 Å². The van der Waals surface area contributed by atoms with Crippen LogP contribution >= 0.6 is 0 Å². The van der Waals surface area contributed by atoms with Crippen molar-refractivity contribution in [3.05, 3.63) is 18.2 Å². The first-order valence-corrected chi connectivity index (χ1v) is 2.93. The minimum Gasteiger partial charge on any atom is -0.504 e. The normalized spacial score (nSPS) is 9.09. The molecule has 0 saturated carbocycles. The summed E-state index contributed by atoms with van der Waals surface area (Å²) in [6.45, 7) is 0.241. The molecular formula is C7H7NO3. The second-order valence-electron chi connectivity index (χ2n) is 1.94. The maximum atomic E-state index is 9.85. The molecule has 11 heavy (non-hydrogen) atoms. The van der Waals surface area contributed by atoms with Gasteiger partial charge in [0, 0.05) is 11.8 Å². The molecule has 0 unspecified atom stereocenters. The molecule has 0 aliphatic carbocycles. The van der Waals surface area contributed by atoms with Crippen LogP contribution in [0.4, 0.5) is 5.69 Å². The minimum atomic E-state index is -0.142. The number of nitrogen functional groups attached to an aromatic ring is 1. The molecule has 1 rings (SSSR count). The lowest BCUT2D eigenvalue weighted by Crippen LogP contribution is -1.90. The Bertz CT molecular complexity index is 272. The van der Waals surface area contributed by atoms with Gasteiger partial charge in [0.05, 0.1) is 0 Å². The SMILES string of the molecule is Nc1ccc(OC=O)c(O)c1. The average molecular weight is 153 g/mol. The lowest BCUT2D eigenvalue weighted by atomic mass is 10.3. The summed E-state index contributed by atoms with van der Waals surface area (Å²) >= 11 is 0. The molecule has 0 aliphatic rings. The van der Waals surface area contributed by atoms with Crippen LogP contribution in [0.3, 0.4) is 0 Å². The maximum Gasteiger partial charge on any atom is 0.298 e. The summed E-state index contributed by atoms with van der Waals surface area (Å²) in [6, 6.07) is 4.25. The number of benzene rings is 1. The van der Waals surface area contributed by atoms with Crippen LogP contribution in [-0.4, -0.2) is 11.6 Å². The van der Waals surface area contributed by atoms with Crippen molar-refractivity contribution < 1.29 is 14.6 Å². The van der Waals surface area contributed by atoms with Gasteiger partial charge >= 0.3 is 0 Å². The third-order valence-electron chi connectivity index (χ3n) is 1.16. The molecule has 1 aromatic carbocycles. The molecule has 0 aliphatic heterocycles. The van der Waals surface area contributed by atoms with E-state index in [4.69, 9.17) is 10.8 Å². The van der Waals surface area contributed by atoms with Gasteiger partial charge in [-0.1, -0.05) is 0 Å². The van der Waals surface area contributed by atoms with Crippen LogP contribution in [-0.2, 0) is 4.79 Å². The van der Waals surface area contributed by atoms with E-state index in [1.54, 1.807) is 0 Å². The standard InChI is InChI=1S/C7H7NO3/c8-5-1-2-7(11-4-9)6(10)3-5/h1-4,10H,8H2. The third kappa shape index (κ3) is 1.61. The molecule has 4 heteroatoms. The number of phenols is 1. The van der Waals surface area contributed by atoms with Gasteiger partial charge in [-0.15, -0.1) is 0 Å². The first-order valence-electron chi connectivity index (χ1n) is 2.93. The van der Waals surface area contributed by atoms with Gasteiger partial charge in [0.15, 0.2) is 11.5 Å². The highest BCUT2D eigenvalue weighted by molar-refractivity contribution is 5.55. The Kier molecular flexibility index (Phi) is 1.96. The summed E-state index contributed by atoms with van der Waals surface area (Å²) in [5.74, 6) is -0.0358. The van der Waals surface area contributed by atoms with E-state index < -0.39 is 0 Å². The van der Waals surface area contributed by atoms with Gasteiger partial charge in [-0.3, -0.25) is 4.79 Å². The number of carbonyl (C=O) groups excluding carboxylic acids is 1. The van der Waals surface area contributed by atoms with Crippen LogP contribution in [0.15, 0.2) is 18.2 Å². The van der Waals surface area contributed by atoms with Crippen LogP contribution in [0.5, 0.6) is 11.5 Å². The molecule has 0 saturated heterocycles. The topological polar surface area (TPSA) is 72.5 Å². The zero-order valence-corrected chi connectivity index (χ0v) is 5.65. The van der Waals surface area contributed by atoms with E-state index >= 15 is 0 Å². The number of phenolic OH excluding ortho intramolecular Hbond substituents is 1. The number of rotatable bonds is 2. The second-order valence-corrected chi connectivity index (χ2v) is 1.94. The molecule has 0 bridgehead atoms. The molecular weight excluding hydrogens is 146 g/mol. The fourth-order valence-electron chi connectivity index (χ4n) is 0.686. The van der Waals surface area contributed by atoms with Gasteiger partial charge in [-0.2, -0.15) is 0 Å². The number of hydrogen-bond donors (Lipinski definition) is 2. The number of aromatic hydroxyl groups is 1. The Morgan fingerprint density at radius 3 is 2.82 bits per heavy atom. The van der Waals surface area contributed by atoms with Crippen LogP contribution < -0.4 is 10.5 Å². The van der Waals surface area contributed by atoms with Crippen molar-refractivity contribution in [2.24, 2.45) is 0 Å². The van der Waals surface area contributed by atoms with E-state index in [9.17, 15) is 4.79 Å². The van der Waals surface area contributed by atoms with Crippen molar-refractivity contribution in [2.45, 2.75) is 0 Å². The summed E-state index contributed by atoms with van der Waals surface area (Å²) in [5.41, 5.74) is 5.74. The van der Waals surface area contributed by atoms with Gasteiger partial charge in [0.1, 0.15) is 0 Å². The highest BCUT2D eigenvalue weighted by Crippen LogP contribution is 2.26. The number of carbonyl (C=O) groups is 1. The van der Waals surface area contributed by atoms with Gasteiger partial charge in [0.2, 0.25) is 0 Å². The zero-order chi connectivity index (χ0) is 8.27. The third-order valence-corrected chi connectivity index (χ3v) is 1.16. The molecule has 0 heterocycles. The van der Waals surface area contributed by atoms with E-state index in [2.05, 4.69) is 4.74 Å². The van der Waals surface area contributed by atoms with Crippen LogP contribution in [0.25, 0.3) is 0 Å². The Morgan fingerprint density at radius 2 is 2.27 bits per heavy atom. The zero-order valence-electron chi connectivity index (χ0n) is 5.65. The molecule has 0 atom stereocenters. The van der Waals surface area contributed by atoms with Gasteiger partial charge < -0.3 is 15.6 Å². The van der Waals surface area contributed by atoms with Crippen molar-refractivity contribution in [2.75, 3.05) is 5.73 Å². The highest BCUT2D eigenvalue weighted by Gasteiger charge is 2.00. The molecule has 58 valence electrons. The van der Waals surface area contributed by atoms with Crippen molar-refractivity contribution in [3.8, 4) is 11.5 Å². The number of nitrogens with two attached hydrogens (primary N) is 1. The summed E-state index contributed by atoms with van der Waals surface area (Å²) in [6.07, 6.45) is 0. The quantitative estimate of drug-likeness (QED) is 0.479. The molecule has 0 fully saturated rings. The molecule has 1 aromatic rings. The fraction of sp³-hybridized carbons (Fsp3) is 0. The first-order chi connectivity index (χ1) is 5.24. The van der Waals surface area contributed by atoms with Crippen LogP contribution in [0.1, 0.15) is 0 Å². The summed E-state index contributed by atoms with van der Waals surface area (Å²) in [7, 11) is 0.